The average Bonchev–Trinajstić information content (AvgIpc) is 3.05. The summed E-state index contributed by atoms with van der Waals surface area (Å²) in [5, 5.41) is 8.70. The second kappa shape index (κ2) is 22.1. The minimum atomic E-state index is -0.900. The summed E-state index contributed by atoms with van der Waals surface area (Å²) in [6.45, 7) is 12.4. The molecule has 1 aliphatic carbocycles. The van der Waals surface area contributed by atoms with E-state index < -0.39 is 21.8 Å². The summed E-state index contributed by atoms with van der Waals surface area (Å²) in [4.78, 5) is 41.2. The first-order valence-corrected chi connectivity index (χ1v) is 16.1. The molecule has 1 saturated heterocycles. The summed E-state index contributed by atoms with van der Waals surface area (Å²) in [6.07, 6.45) is 7.31. The third kappa shape index (κ3) is 15.1. The van der Waals surface area contributed by atoms with Gasteiger partial charge in [0.15, 0.2) is 0 Å². The number of benzene rings is 1. The van der Waals surface area contributed by atoms with Gasteiger partial charge in [-0.15, -0.1) is 10.1 Å². The van der Waals surface area contributed by atoms with Crippen LogP contribution in [0.4, 0.5) is 0 Å². The first-order valence-electron chi connectivity index (χ1n) is 14.9. The molecule has 2 aliphatic rings. The number of rotatable bonds is 14. The van der Waals surface area contributed by atoms with Crippen molar-refractivity contribution in [2.45, 2.75) is 50.9 Å². The SMILES string of the molecule is CC.COC(=O)C(N)C(C)(C)SC(=O)COCCOCN1CCN(C(c2ccccc2)C2C=CC(Cl)=CC2)CC1.CO[N+](=O)[O-]. The smallest absolute Gasteiger partial charge is 0.324 e. The number of nitrogens with zero attached hydrogens (tertiary/aromatic N) is 3. The molecule has 0 saturated carbocycles. The van der Waals surface area contributed by atoms with Crippen LogP contribution in [0.15, 0.2) is 53.6 Å². The molecular weight excluding hydrogens is 624 g/mol. The zero-order valence-corrected chi connectivity index (χ0v) is 28.8. The summed E-state index contributed by atoms with van der Waals surface area (Å²) in [7, 11) is 2.28. The number of ether oxygens (including phenoxy) is 3. The minimum Gasteiger partial charge on any atom is -0.468 e. The van der Waals surface area contributed by atoms with Gasteiger partial charge in [0.05, 0.1) is 34.2 Å². The average molecular weight is 673 g/mol. The Bertz CT molecular complexity index is 1080. The van der Waals surface area contributed by atoms with Gasteiger partial charge in [-0.1, -0.05) is 79.7 Å². The highest BCUT2D eigenvalue weighted by molar-refractivity contribution is 8.14. The highest BCUT2D eigenvalue weighted by Gasteiger charge is 2.36. The number of hydrogen-bond acceptors (Lipinski definition) is 12. The predicted molar refractivity (Wildman–Crippen MR) is 177 cm³/mol. The lowest BCUT2D eigenvalue weighted by atomic mass is 9.86. The molecule has 3 unspecified atom stereocenters. The number of hydrogen-bond donors (Lipinski definition) is 1. The molecule has 2 N–H and O–H groups in total. The van der Waals surface area contributed by atoms with Crippen LogP contribution < -0.4 is 5.73 Å². The van der Waals surface area contributed by atoms with Crippen molar-refractivity contribution in [1.29, 1.82) is 0 Å². The first kappa shape index (κ1) is 40.5. The van der Waals surface area contributed by atoms with E-state index in [0.29, 0.717) is 31.9 Å². The number of carbonyl (C=O) groups is 2. The molecule has 3 atom stereocenters. The number of thioether (sulfide) groups is 1. The summed E-state index contributed by atoms with van der Waals surface area (Å²) in [5.74, 6) is -0.156. The number of methoxy groups -OCH3 is 1. The number of allylic oxidation sites excluding steroid dienone is 3. The van der Waals surface area contributed by atoms with Crippen molar-refractivity contribution in [3.63, 3.8) is 0 Å². The second-order valence-corrected chi connectivity index (χ2v) is 12.6. The maximum Gasteiger partial charge on any atom is 0.324 e. The summed E-state index contributed by atoms with van der Waals surface area (Å²) < 4.78 is 15.2. The Morgan fingerprint density at radius 3 is 2.24 bits per heavy atom. The molecule has 0 aromatic heterocycles. The fraction of sp³-hybridized carbons (Fsp3) is 0.613. The largest absolute Gasteiger partial charge is 0.468 e. The quantitative estimate of drug-likeness (QED) is 0.129. The molecule has 1 fully saturated rings. The molecule has 0 bridgehead atoms. The molecule has 1 aromatic carbocycles. The fourth-order valence-electron chi connectivity index (χ4n) is 4.66. The lowest BCUT2D eigenvalue weighted by molar-refractivity contribution is -0.749. The van der Waals surface area contributed by atoms with Gasteiger partial charge in [0.1, 0.15) is 12.6 Å². The van der Waals surface area contributed by atoms with Crippen LogP contribution in [0.2, 0.25) is 0 Å². The van der Waals surface area contributed by atoms with Crippen molar-refractivity contribution in [3.8, 4) is 0 Å². The zero-order valence-electron chi connectivity index (χ0n) is 27.2. The van der Waals surface area contributed by atoms with Gasteiger partial charge in [0.2, 0.25) is 5.12 Å². The molecule has 14 heteroatoms. The molecule has 0 spiro atoms. The highest BCUT2D eigenvalue weighted by Crippen LogP contribution is 2.35. The van der Waals surface area contributed by atoms with Gasteiger partial charge in [-0.05, 0) is 31.9 Å². The van der Waals surface area contributed by atoms with Crippen molar-refractivity contribution in [2.75, 3.05) is 67.0 Å². The zero-order chi connectivity index (χ0) is 33.8. The number of carbonyl (C=O) groups excluding carboxylic acids is 2. The molecule has 0 amide bonds. The second-order valence-electron chi connectivity index (χ2n) is 10.4. The van der Waals surface area contributed by atoms with E-state index in [-0.39, 0.29) is 11.7 Å². The van der Waals surface area contributed by atoms with Crippen molar-refractivity contribution in [1.82, 2.24) is 9.80 Å². The number of nitrogens with two attached hydrogens (primary N) is 1. The van der Waals surface area contributed by atoms with E-state index in [1.807, 2.05) is 19.9 Å². The molecule has 1 aromatic rings. The number of esters is 1. The van der Waals surface area contributed by atoms with Crippen molar-refractivity contribution in [2.24, 2.45) is 11.7 Å². The Morgan fingerprint density at radius 1 is 1.11 bits per heavy atom. The topological polar surface area (TPSA) is 147 Å². The van der Waals surface area contributed by atoms with Crippen LogP contribution in [0.1, 0.15) is 45.7 Å². The first-order chi connectivity index (χ1) is 21.5. The van der Waals surface area contributed by atoms with Crippen LogP contribution in [0.3, 0.4) is 0 Å². The van der Waals surface area contributed by atoms with Gasteiger partial charge in [0.25, 0.3) is 5.09 Å². The Labute approximate surface area is 276 Å². The lowest BCUT2D eigenvalue weighted by Gasteiger charge is -2.42. The van der Waals surface area contributed by atoms with E-state index in [1.54, 1.807) is 13.8 Å². The van der Waals surface area contributed by atoms with Crippen molar-refractivity contribution < 1.29 is 33.7 Å². The summed E-state index contributed by atoms with van der Waals surface area (Å²) in [6, 6.07) is 10.1. The molecule has 1 aliphatic heterocycles. The maximum atomic E-state index is 12.2. The van der Waals surface area contributed by atoms with Crippen molar-refractivity contribution in [3.05, 3.63) is 69.3 Å². The third-order valence-corrected chi connectivity index (χ3v) is 8.44. The van der Waals surface area contributed by atoms with Crippen LogP contribution in [-0.4, -0.2) is 104 Å². The van der Waals surface area contributed by atoms with Gasteiger partial charge in [-0.25, -0.2) is 0 Å². The van der Waals surface area contributed by atoms with Crippen LogP contribution in [0.25, 0.3) is 0 Å². The van der Waals surface area contributed by atoms with E-state index in [2.05, 4.69) is 61.9 Å². The van der Waals surface area contributed by atoms with Crippen LogP contribution >= 0.6 is 23.4 Å². The van der Waals surface area contributed by atoms with Crippen LogP contribution in [-0.2, 0) is 28.6 Å². The highest BCUT2D eigenvalue weighted by atomic mass is 35.5. The Kier molecular flexibility index (Phi) is 19.9. The lowest BCUT2D eigenvalue weighted by Crippen LogP contribution is -2.49. The van der Waals surface area contributed by atoms with E-state index >= 15 is 0 Å². The predicted octanol–water partition coefficient (Wildman–Crippen LogP) is 4.42. The summed E-state index contributed by atoms with van der Waals surface area (Å²) >= 11 is 7.17. The summed E-state index contributed by atoms with van der Waals surface area (Å²) in [5.41, 5.74) is 7.22. The molecule has 45 heavy (non-hydrogen) atoms. The Balaban J connectivity index is 0.00000131. The maximum absolute atomic E-state index is 12.2. The van der Waals surface area contributed by atoms with E-state index in [4.69, 9.17) is 36.9 Å². The normalized spacial score (nSPS) is 18.2. The Morgan fingerprint density at radius 2 is 1.71 bits per heavy atom. The molecule has 12 nitrogen and oxygen atoms in total. The molecule has 3 rings (SSSR count). The van der Waals surface area contributed by atoms with Crippen molar-refractivity contribution >= 4 is 34.4 Å². The minimum absolute atomic E-state index is 0.0685. The molecule has 1 heterocycles. The monoisotopic (exact) mass is 672 g/mol. The molecule has 0 radical (unpaired) electrons. The van der Waals surface area contributed by atoms with Gasteiger partial charge in [0, 0.05) is 47.9 Å². The molecular formula is C31H49ClN4O8S. The van der Waals surface area contributed by atoms with Gasteiger partial charge < -0.3 is 24.8 Å². The molecule has 254 valence electrons. The number of halogens is 1. The van der Waals surface area contributed by atoms with Crippen LogP contribution in [0, 0.1) is 16.0 Å². The Hall–Kier alpha value is -2.52. The van der Waals surface area contributed by atoms with E-state index in [1.165, 1.54) is 12.7 Å². The third-order valence-electron chi connectivity index (χ3n) is 7.03. The number of piperazine rings is 1. The van der Waals surface area contributed by atoms with Gasteiger partial charge >= 0.3 is 5.97 Å². The standard InChI is InChI=1S/C28H40ClN3O5S.C2H6.CH3NO3/c1-28(2,26(30)27(34)35-3)38-24(33)19-36-17-18-37-20-31-13-15-32(16-14-31)25(21-7-5-4-6-8-21)22-9-11-23(29)12-10-22;1-2;1-5-2(3)4/h4-9,11-12,22,25-26H,10,13-20,30H2,1-3H3;1-2H3;1H3. The van der Waals surface area contributed by atoms with Gasteiger partial charge in [-0.2, -0.15) is 0 Å². The van der Waals surface area contributed by atoms with E-state index in [9.17, 15) is 9.59 Å². The van der Waals surface area contributed by atoms with Gasteiger partial charge in [-0.3, -0.25) is 19.4 Å². The van der Waals surface area contributed by atoms with E-state index in [0.717, 1.165) is 56.5 Å². The van der Waals surface area contributed by atoms with Crippen LogP contribution in [0.5, 0.6) is 0 Å². The fourth-order valence-corrected chi connectivity index (χ4v) is 5.77.